The van der Waals surface area contributed by atoms with Crippen LogP contribution in [-0.4, -0.2) is 17.2 Å². The topological polar surface area (TPSA) is 17.0 Å². The maximum absolute atomic E-state index is 3.84. The number of fused-ring (bicyclic) bond motifs is 1. The van der Waals surface area contributed by atoms with E-state index in [9.17, 15) is 0 Å². The first-order valence-corrected chi connectivity index (χ1v) is 8.10. The van der Waals surface area contributed by atoms with Crippen molar-refractivity contribution in [2.75, 3.05) is 6.54 Å². The van der Waals surface area contributed by atoms with E-state index in [0.29, 0.717) is 0 Å². The lowest BCUT2D eigenvalue weighted by molar-refractivity contribution is 0.408. The van der Waals surface area contributed by atoms with Crippen LogP contribution in [0.3, 0.4) is 0 Å². The lowest BCUT2D eigenvalue weighted by atomic mass is 10.1. The summed E-state index contributed by atoms with van der Waals surface area (Å²) < 4.78 is 2.40. The van der Waals surface area contributed by atoms with Gasteiger partial charge in [0.25, 0.3) is 0 Å². The molecule has 0 radical (unpaired) electrons. The van der Waals surface area contributed by atoms with Gasteiger partial charge in [-0.3, -0.25) is 0 Å². The highest BCUT2D eigenvalue weighted by Crippen LogP contribution is 2.44. The number of benzene rings is 1. The Hall–Kier alpha value is -1.28. The van der Waals surface area contributed by atoms with Crippen molar-refractivity contribution in [1.29, 1.82) is 0 Å². The largest absolute Gasteiger partial charge is 0.346 e. The van der Waals surface area contributed by atoms with Gasteiger partial charge < -0.3 is 9.88 Å². The minimum atomic E-state index is 0.818. The molecule has 2 fully saturated rings. The van der Waals surface area contributed by atoms with Crippen molar-refractivity contribution in [3.63, 3.8) is 0 Å². The zero-order valence-corrected chi connectivity index (χ0v) is 12.3. The van der Waals surface area contributed by atoms with Crippen LogP contribution < -0.4 is 5.32 Å². The number of hydrogen-bond donors (Lipinski definition) is 1. The zero-order chi connectivity index (χ0) is 13.5. The molecule has 0 spiro atoms. The van der Waals surface area contributed by atoms with Crippen LogP contribution in [0.25, 0.3) is 10.9 Å². The second kappa shape index (κ2) is 4.92. The number of aromatic nitrogens is 1. The van der Waals surface area contributed by atoms with Gasteiger partial charge in [0.05, 0.1) is 0 Å². The molecule has 4 rings (SSSR count). The maximum atomic E-state index is 3.84. The number of hydrogen-bond acceptors (Lipinski definition) is 1. The molecule has 2 heteroatoms. The van der Waals surface area contributed by atoms with Crippen molar-refractivity contribution in [1.82, 2.24) is 9.88 Å². The van der Waals surface area contributed by atoms with Crippen LogP contribution in [0, 0.1) is 18.8 Å². The highest BCUT2D eigenvalue weighted by atomic mass is 15.0. The van der Waals surface area contributed by atoms with E-state index in [4.69, 9.17) is 0 Å². The molecule has 20 heavy (non-hydrogen) atoms. The lowest BCUT2D eigenvalue weighted by Crippen LogP contribution is -2.35. The third-order valence-corrected chi connectivity index (χ3v) is 4.92. The van der Waals surface area contributed by atoms with Crippen LogP contribution in [0.1, 0.15) is 31.2 Å². The second-order valence-electron chi connectivity index (χ2n) is 6.73. The van der Waals surface area contributed by atoms with Crippen LogP contribution >= 0.6 is 0 Å². The van der Waals surface area contributed by atoms with Crippen LogP contribution in [0.15, 0.2) is 30.5 Å². The fraction of sp³-hybridized carbons (Fsp3) is 0.556. The third-order valence-electron chi connectivity index (χ3n) is 4.92. The smallest absolute Gasteiger partial charge is 0.0483 e. The highest BCUT2D eigenvalue weighted by molar-refractivity contribution is 5.80. The minimum absolute atomic E-state index is 0.818. The standard InChI is InChI=1S/C18H24N2/c1-13-2-3-14-8-10-20(17(14)12-13)11-9-19-18(15-4-5-15)16-6-7-16/h2-3,8,10,12,15-16,18-19H,4-7,9,11H2,1H3. The number of aryl methyl sites for hydroxylation is 1. The molecular weight excluding hydrogens is 244 g/mol. The normalized spacial score (nSPS) is 19.1. The summed E-state index contributed by atoms with van der Waals surface area (Å²) in [6.45, 7) is 4.36. The molecule has 2 aliphatic rings. The average molecular weight is 268 g/mol. The van der Waals surface area contributed by atoms with Crippen LogP contribution in [0.2, 0.25) is 0 Å². The SMILES string of the molecule is Cc1ccc2ccn(CCNC(C3CC3)C3CC3)c2c1. The molecule has 1 aromatic carbocycles. The fourth-order valence-electron chi connectivity index (χ4n) is 3.47. The van der Waals surface area contributed by atoms with Crippen molar-refractivity contribution in [3.8, 4) is 0 Å². The first kappa shape index (κ1) is 12.5. The van der Waals surface area contributed by atoms with E-state index in [1.807, 2.05) is 0 Å². The van der Waals surface area contributed by atoms with E-state index in [2.05, 4.69) is 47.3 Å². The molecule has 0 saturated heterocycles. The summed E-state index contributed by atoms with van der Waals surface area (Å²) >= 11 is 0. The Bertz CT molecular complexity index is 593. The van der Waals surface area contributed by atoms with Crippen LogP contribution in [0.5, 0.6) is 0 Å². The predicted octanol–water partition coefficient (Wildman–Crippen LogP) is 3.73. The summed E-state index contributed by atoms with van der Waals surface area (Å²) in [6.07, 6.45) is 8.06. The molecule has 0 unspecified atom stereocenters. The van der Waals surface area contributed by atoms with Gasteiger partial charge >= 0.3 is 0 Å². The Morgan fingerprint density at radius 2 is 1.90 bits per heavy atom. The molecule has 1 heterocycles. The monoisotopic (exact) mass is 268 g/mol. The summed E-state index contributed by atoms with van der Waals surface area (Å²) in [6, 6.07) is 9.77. The summed E-state index contributed by atoms with van der Waals surface area (Å²) in [5, 5.41) is 5.20. The van der Waals surface area contributed by atoms with E-state index in [1.165, 1.54) is 42.1 Å². The molecule has 0 atom stereocenters. The number of nitrogens with one attached hydrogen (secondary N) is 1. The molecule has 106 valence electrons. The van der Waals surface area contributed by atoms with Crippen molar-refractivity contribution in [2.45, 2.75) is 45.2 Å². The van der Waals surface area contributed by atoms with Gasteiger partial charge in [0, 0.05) is 30.8 Å². The Morgan fingerprint density at radius 3 is 2.60 bits per heavy atom. The van der Waals surface area contributed by atoms with Gasteiger partial charge in [0.1, 0.15) is 0 Å². The zero-order valence-electron chi connectivity index (χ0n) is 12.3. The average Bonchev–Trinajstić information content (AvgIpc) is 3.34. The predicted molar refractivity (Wildman–Crippen MR) is 83.9 cm³/mol. The first-order chi connectivity index (χ1) is 9.81. The Labute approximate surface area is 121 Å². The van der Waals surface area contributed by atoms with Gasteiger partial charge in [0.15, 0.2) is 0 Å². The molecule has 1 N–H and O–H groups in total. The summed E-state index contributed by atoms with van der Waals surface area (Å²) in [5.74, 6) is 1.98. The van der Waals surface area contributed by atoms with Gasteiger partial charge in [-0.2, -0.15) is 0 Å². The number of rotatable bonds is 6. The third kappa shape index (κ3) is 2.49. The van der Waals surface area contributed by atoms with Gasteiger partial charge in [-0.05, 0) is 67.5 Å². The molecule has 2 aliphatic carbocycles. The summed E-state index contributed by atoms with van der Waals surface area (Å²) in [4.78, 5) is 0. The van der Waals surface area contributed by atoms with Gasteiger partial charge in [-0.15, -0.1) is 0 Å². The first-order valence-electron chi connectivity index (χ1n) is 8.10. The minimum Gasteiger partial charge on any atom is -0.346 e. The molecule has 2 nitrogen and oxygen atoms in total. The quantitative estimate of drug-likeness (QED) is 0.844. The Morgan fingerprint density at radius 1 is 1.15 bits per heavy atom. The Balaban J connectivity index is 1.41. The van der Waals surface area contributed by atoms with Crippen LogP contribution in [-0.2, 0) is 6.54 Å². The van der Waals surface area contributed by atoms with E-state index in [-0.39, 0.29) is 0 Å². The van der Waals surface area contributed by atoms with E-state index >= 15 is 0 Å². The highest BCUT2D eigenvalue weighted by Gasteiger charge is 2.40. The van der Waals surface area contributed by atoms with Crippen LogP contribution in [0.4, 0.5) is 0 Å². The van der Waals surface area contributed by atoms with E-state index in [1.54, 1.807) is 0 Å². The fourth-order valence-corrected chi connectivity index (χ4v) is 3.47. The Kier molecular flexibility index (Phi) is 3.07. The molecule has 2 aromatic rings. The molecule has 0 bridgehead atoms. The van der Waals surface area contributed by atoms with Crippen molar-refractivity contribution in [3.05, 3.63) is 36.0 Å². The van der Waals surface area contributed by atoms with Gasteiger partial charge in [-0.1, -0.05) is 12.1 Å². The van der Waals surface area contributed by atoms with Crippen molar-refractivity contribution in [2.24, 2.45) is 11.8 Å². The molecule has 1 aromatic heterocycles. The number of nitrogens with zero attached hydrogens (tertiary/aromatic N) is 1. The molecule has 2 saturated carbocycles. The van der Waals surface area contributed by atoms with E-state index in [0.717, 1.165) is 31.0 Å². The molecule has 0 amide bonds. The summed E-state index contributed by atoms with van der Waals surface area (Å²) in [7, 11) is 0. The van der Waals surface area contributed by atoms with Crippen molar-refractivity contribution >= 4 is 10.9 Å². The molecule has 0 aliphatic heterocycles. The maximum Gasteiger partial charge on any atom is 0.0483 e. The second-order valence-corrected chi connectivity index (χ2v) is 6.73. The van der Waals surface area contributed by atoms with E-state index < -0.39 is 0 Å². The molecular formula is C18H24N2. The van der Waals surface area contributed by atoms with Crippen molar-refractivity contribution < 1.29 is 0 Å². The summed E-state index contributed by atoms with van der Waals surface area (Å²) in [5.41, 5.74) is 2.72. The van der Waals surface area contributed by atoms with Gasteiger partial charge in [-0.25, -0.2) is 0 Å². The van der Waals surface area contributed by atoms with Gasteiger partial charge in [0.2, 0.25) is 0 Å². The lowest BCUT2D eigenvalue weighted by Gasteiger charge is -2.18.